The predicted octanol–water partition coefficient (Wildman–Crippen LogP) is 3.96. The van der Waals surface area contributed by atoms with E-state index in [1.54, 1.807) is 0 Å². The Morgan fingerprint density at radius 3 is 2.40 bits per heavy atom. The molecule has 2 aromatic rings. The summed E-state index contributed by atoms with van der Waals surface area (Å²) in [5.74, 6) is -0.738. The fourth-order valence-corrected chi connectivity index (χ4v) is 4.37. The summed E-state index contributed by atoms with van der Waals surface area (Å²) in [5.41, 5.74) is -3.68. The second kappa shape index (κ2) is 7.00. The lowest BCUT2D eigenvalue weighted by atomic mass is 10.1. The zero-order valence-electron chi connectivity index (χ0n) is 15.6. The van der Waals surface area contributed by atoms with Crippen LogP contribution in [-0.4, -0.2) is 36.9 Å². The van der Waals surface area contributed by atoms with Gasteiger partial charge in [-0.25, -0.2) is 13.4 Å². The van der Waals surface area contributed by atoms with Crippen LogP contribution < -0.4 is 10.2 Å². The van der Waals surface area contributed by atoms with E-state index in [0.717, 1.165) is 0 Å². The molecule has 164 valence electrons. The Kier molecular flexibility index (Phi) is 5.16. The number of rotatable bonds is 4. The number of aromatic nitrogens is 2. The maximum atomic E-state index is 13.3. The average Bonchev–Trinajstić information content (AvgIpc) is 2.92. The molecule has 6 nitrogen and oxygen atoms in total. The first kappa shape index (κ1) is 22.1. The van der Waals surface area contributed by atoms with E-state index in [4.69, 9.17) is 0 Å². The first-order chi connectivity index (χ1) is 13.7. The number of fused-ring (bicyclic) bond motifs is 1. The molecule has 1 unspecified atom stereocenters. The highest BCUT2D eigenvalue weighted by Crippen LogP contribution is 2.47. The summed E-state index contributed by atoms with van der Waals surface area (Å²) in [6.07, 6.45) is -7.90. The van der Waals surface area contributed by atoms with Crippen LogP contribution in [0.3, 0.4) is 0 Å². The van der Waals surface area contributed by atoms with Gasteiger partial charge in [0.15, 0.2) is 21.3 Å². The molecule has 0 amide bonds. The second-order valence-corrected chi connectivity index (χ2v) is 8.99. The normalized spacial score (nSPS) is 19.5. The summed E-state index contributed by atoms with van der Waals surface area (Å²) in [4.78, 5) is 7.92. The van der Waals surface area contributed by atoms with Crippen molar-refractivity contribution in [2.75, 3.05) is 22.5 Å². The van der Waals surface area contributed by atoms with Crippen molar-refractivity contribution < 1.29 is 34.8 Å². The lowest BCUT2D eigenvalue weighted by molar-refractivity contribution is -0.137. The van der Waals surface area contributed by atoms with E-state index in [1.165, 1.54) is 32.2 Å². The number of anilines is 2. The van der Waals surface area contributed by atoms with Crippen molar-refractivity contribution >= 4 is 21.3 Å². The van der Waals surface area contributed by atoms with Crippen LogP contribution in [0.2, 0.25) is 0 Å². The fourth-order valence-electron chi connectivity index (χ4n) is 3.22. The van der Waals surface area contributed by atoms with Crippen LogP contribution in [0.15, 0.2) is 35.5 Å². The van der Waals surface area contributed by atoms with Gasteiger partial charge in [0, 0.05) is 12.4 Å². The average molecular weight is 454 g/mol. The van der Waals surface area contributed by atoms with Crippen molar-refractivity contribution in [1.29, 1.82) is 0 Å². The number of hydrogen-bond donors (Lipinski definition) is 1. The highest BCUT2D eigenvalue weighted by Gasteiger charge is 2.50. The van der Waals surface area contributed by atoms with Gasteiger partial charge < -0.3 is 10.2 Å². The molecule has 3 rings (SSSR count). The molecule has 1 atom stereocenters. The van der Waals surface area contributed by atoms with Crippen LogP contribution in [0.1, 0.15) is 25.1 Å². The van der Waals surface area contributed by atoms with Gasteiger partial charge >= 0.3 is 12.4 Å². The molecule has 0 radical (unpaired) electrons. The summed E-state index contributed by atoms with van der Waals surface area (Å²) in [6, 6.07) is 3.14. The molecule has 0 aliphatic carbocycles. The topological polar surface area (TPSA) is 75.2 Å². The van der Waals surface area contributed by atoms with E-state index >= 15 is 0 Å². The van der Waals surface area contributed by atoms with Crippen molar-refractivity contribution in [3.8, 4) is 0 Å². The fraction of sp³-hybridized carbons (Fsp3) is 0.412. The monoisotopic (exact) mass is 454 g/mol. The Hall–Kier alpha value is -2.57. The van der Waals surface area contributed by atoms with Gasteiger partial charge in [0.25, 0.3) is 0 Å². The number of hydrogen-bond acceptors (Lipinski definition) is 6. The van der Waals surface area contributed by atoms with E-state index in [2.05, 4.69) is 15.3 Å². The minimum absolute atomic E-state index is 0.275. The van der Waals surface area contributed by atoms with E-state index in [0.29, 0.717) is 17.2 Å². The molecule has 30 heavy (non-hydrogen) atoms. The SMILES string of the molecule is CCS(=O)(=O)c1cccnc1C1(C)Nc2cc(C(F)(F)F)cnc2N1CC(F)(F)F. The summed E-state index contributed by atoms with van der Waals surface area (Å²) in [6.45, 7) is 0.977. The van der Waals surface area contributed by atoms with E-state index < -0.39 is 45.8 Å². The number of alkyl halides is 6. The maximum absolute atomic E-state index is 13.3. The lowest BCUT2D eigenvalue weighted by Gasteiger charge is -2.37. The molecule has 0 spiro atoms. The molecule has 0 bridgehead atoms. The summed E-state index contributed by atoms with van der Waals surface area (Å²) >= 11 is 0. The highest BCUT2D eigenvalue weighted by molar-refractivity contribution is 7.91. The number of nitrogens with one attached hydrogen (secondary N) is 1. The van der Waals surface area contributed by atoms with Crippen molar-refractivity contribution in [3.05, 3.63) is 41.9 Å². The van der Waals surface area contributed by atoms with Gasteiger partial charge in [-0.1, -0.05) is 6.92 Å². The van der Waals surface area contributed by atoms with Gasteiger partial charge in [-0.05, 0) is 25.1 Å². The minimum Gasteiger partial charge on any atom is -0.355 e. The van der Waals surface area contributed by atoms with Crippen LogP contribution in [-0.2, 0) is 21.7 Å². The molecule has 0 fully saturated rings. The molecular formula is C17H16F6N4O2S. The van der Waals surface area contributed by atoms with Gasteiger partial charge in [-0.15, -0.1) is 0 Å². The third-order valence-electron chi connectivity index (χ3n) is 4.65. The quantitative estimate of drug-likeness (QED) is 0.706. The third kappa shape index (κ3) is 3.89. The minimum atomic E-state index is -4.76. The molecule has 3 heterocycles. The molecule has 2 aromatic heterocycles. The van der Waals surface area contributed by atoms with Crippen molar-refractivity contribution in [3.63, 3.8) is 0 Å². The third-order valence-corrected chi connectivity index (χ3v) is 6.41. The van der Waals surface area contributed by atoms with Crippen LogP contribution in [0.5, 0.6) is 0 Å². The smallest absolute Gasteiger partial charge is 0.355 e. The zero-order valence-corrected chi connectivity index (χ0v) is 16.5. The maximum Gasteiger partial charge on any atom is 0.417 e. The standard InChI is InChI=1S/C17H16F6N4O2S/c1-3-30(28,29)12-5-4-6-24-13(12)15(2)26-11-7-10(17(21,22)23)8-25-14(11)27(15)9-16(18,19)20/h4-8,26H,3,9H2,1-2H3. The molecule has 0 saturated carbocycles. The van der Waals surface area contributed by atoms with Gasteiger partial charge in [-0.3, -0.25) is 4.98 Å². The number of pyridine rings is 2. The summed E-state index contributed by atoms with van der Waals surface area (Å²) in [5, 5.41) is 2.59. The van der Waals surface area contributed by atoms with Crippen LogP contribution in [0, 0.1) is 0 Å². The molecule has 0 saturated heterocycles. The van der Waals surface area contributed by atoms with Crippen molar-refractivity contribution in [2.45, 2.75) is 36.8 Å². The van der Waals surface area contributed by atoms with Gasteiger partial charge in [0.05, 0.1) is 21.9 Å². The van der Waals surface area contributed by atoms with Crippen LogP contribution in [0.4, 0.5) is 37.8 Å². The van der Waals surface area contributed by atoms with Crippen molar-refractivity contribution in [2.24, 2.45) is 0 Å². The molecule has 13 heteroatoms. The van der Waals surface area contributed by atoms with Gasteiger partial charge in [0.1, 0.15) is 12.2 Å². The van der Waals surface area contributed by atoms with Crippen molar-refractivity contribution in [1.82, 2.24) is 9.97 Å². The number of nitrogens with zero attached hydrogens (tertiary/aromatic N) is 3. The Morgan fingerprint density at radius 2 is 1.83 bits per heavy atom. The predicted molar refractivity (Wildman–Crippen MR) is 95.6 cm³/mol. The number of sulfone groups is 1. The summed E-state index contributed by atoms with van der Waals surface area (Å²) < 4.78 is 104. The molecule has 1 N–H and O–H groups in total. The zero-order chi connectivity index (χ0) is 22.5. The highest BCUT2D eigenvalue weighted by atomic mass is 32.2. The molecule has 1 aliphatic heterocycles. The Morgan fingerprint density at radius 1 is 1.17 bits per heavy atom. The van der Waals surface area contributed by atoms with Crippen LogP contribution in [0.25, 0.3) is 0 Å². The molecule has 0 aromatic carbocycles. The Balaban J connectivity index is 2.23. The Bertz CT molecular complexity index is 1070. The number of halogens is 6. The largest absolute Gasteiger partial charge is 0.417 e. The second-order valence-electron chi connectivity index (χ2n) is 6.75. The van der Waals surface area contributed by atoms with Crippen LogP contribution >= 0.6 is 0 Å². The lowest BCUT2D eigenvalue weighted by Crippen LogP contribution is -2.50. The molecular weight excluding hydrogens is 438 g/mol. The van der Waals surface area contributed by atoms with E-state index in [9.17, 15) is 34.8 Å². The summed E-state index contributed by atoms with van der Waals surface area (Å²) in [7, 11) is -3.90. The van der Waals surface area contributed by atoms with E-state index in [-0.39, 0.29) is 22.0 Å². The van der Waals surface area contributed by atoms with Gasteiger partial charge in [0.2, 0.25) is 0 Å². The first-order valence-electron chi connectivity index (χ1n) is 8.57. The first-order valence-corrected chi connectivity index (χ1v) is 10.2. The molecule has 1 aliphatic rings. The van der Waals surface area contributed by atoms with E-state index in [1.807, 2.05) is 0 Å². The van der Waals surface area contributed by atoms with Gasteiger partial charge in [-0.2, -0.15) is 26.3 Å². The Labute approximate surface area is 167 Å².